The topological polar surface area (TPSA) is 77.7 Å². The van der Waals surface area contributed by atoms with Crippen molar-refractivity contribution in [2.24, 2.45) is 0 Å². The maximum Gasteiger partial charge on any atom is 0.256 e. The van der Waals surface area contributed by atoms with E-state index in [0.717, 1.165) is 79.3 Å². The van der Waals surface area contributed by atoms with E-state index in [1.165, 1.54) is 19.3 Å². The molecule has 33 heavy (non-hydrogen) atoms. The number of likely N-dealkylation sites (tertiary alicyclic amines) is 1. The largest absolute Gasteiger partial charge is 0.497 e. The van der Waals surface area contributed by atoms with Crippen molar-refractivity contribution in [3.63, 3.8) is 0 Å². The van der Waals surface area contributed by atoms with Crippen molar-refractivity contribution in [3.8, 4) is 5.75 Å². The molecule has 1 aromatic carbocycles. The summed E-state index contributed by atoms with van der Waals surface area (Å²) >= 11 is 0. The van der Waals surface area contributed by atoms with E-state index in [4.69, 9.17) is 4.74 Å². The summed E-state index contributed by atoms with van der Waals surface area (Å²) in [4.78, 5) is 34.1. The molecule has 0 spiro atoms. The molecular formula is C26H32N4O3. The van der Waals surface area contributed by atoms with Crippen LogP contribution in [0.4, 0.5) is 5.69 Å². The summed E-state index contributed by atoms with van der Waals surface area (Å²) in [5, 5.41) is 2.92. The molecule has 0 saturated carbocycles. The van der Waals surface area contributed by atoms with Gasteiger partial charge in [0.25, 0.3) is 11.8 Å². The van der Waals surface area contributed by atoms with E-state index in [1.807, 2.05) is 36.1 Å². The van der Waals surface area contributed by atoms with E-state index in [0.29, 0.717) is 11.3 Å². The molecule has 5 rings (SSSR count). The molecule has 2 aromatic rings. The molecule has 3 aliphatic rings. The highest BCUT2D eigenvalue weighted by atomic mass is 16.5. The Balaban J connectivity index is 1.41. The number of carbonyl (C=O) groups excluding carboxylic acids is 2. The van der Waals surface area contributed by atoms with Gasteiger partial charge in [-0.1, -0.05) is 6.42 Å². The van der Waals surface area contributed by atoms with Crippen LogP contribution in [0.25, 0.3) is 11.6 Å². The van der Waals surface area contributed by atoms with E-state index >= 15 is 0 Å². The van der Waals surface area contributed by atoms with Gasteiger partial charge in [0.2, 0.25) is 0 Å². The van der Waals surface area contributed by atoms with Gasteiger partial charge in [-0.05, 0) is 75.5 Å². The van der Waals surface area contributed by atoms with Gasteiger partial charge in [0, 0.05) is 42.3 Å². The lowest BCUT2D eigenvalue weighted by molar-refractivity contribution is -0.110. The fourth-order valence-electron chi connectivity index (χ4n) is 5.25. The highest BCUT2D eigenvalue weighted by Crippen LogP contribution is 2.36. The second kappa shape index (κ2) is 9.06. The molecule has 0 unspecified atom stereocenters. The molecule has 1 aromatic heterocycles. The Labute approximate surface area is 194 Å². The van der Waals surface area contributed by atoms with Crippen molar-refractivity contribution in [1.82, 2.24) is 14.8 Å². The average Bonchev–Trinajstić information content (AvgIpc) is 3.25. The molecule has 174 valence electrons. The number of piperidine rings is 1. The molecule has 0 aliphatic carbocycles. The van der Waals surface area contributed by atoms with Gasteiger partial charge in [-0.15, -0.1) is 0 Å². The number of aryl methyl sites for hydroxylation is 1. The van der Waals surface area contributed by atoms with Gasteiger partial charge in [0.15, 0.2) is 0 Å². The molecule has 2 amide bonds. The van der Waals surface area contributed by atoms with Crippen LogP contribution in [0.3, 0.4) is 0 Å². The summed E-state index contributed by atoms with van der Waals surface area (Å²) in [6.45, 7) is 6.77. The molecule has 3 aliphatic heterocycles. The van der Waals surface area contributed by atoms with E-state index in [2.05, 4.69) is 15.2 Å². The van der Waals surface area contributed by atoms with Gasteiger partial charge in [-0.25, -0.2) is 0 Å². The number of amides is 2. The molecule has 0 atom stereocenters. The van der Waals surface area contributed by atoms with Gasteiger partial charge in [0.05, 0.1) is 18.2 Å². The number of benzene rings is 1. The van der Waals surface area contributed by atoms with Gasteiger partial charge >= 0.3 is 0 Å². The van der Waals surface area contributed by atoms with Crippen molar-refractivity contribution in [2.45, 2.75) is 39.0 Å². The van der Waals surface area contributed by atoms with Crippen LogP contribution in [-0.4, -0.2) is 66.4 Å². The third kappa shape index (κ3) is 4.17. The van der Waals surface area contributed by atoms with Crippen LogP contribution in [0.5, 0.6) is 5.75 Å². The van der Waals surface area contributed by atoms with Crippen LogP contribution in [0.1, 0.15) is 58.6 Å². The van der Waals surface area contributed by atoms with E-state index < -0.39 is 0 Å². The Morgan fingerprint density at radius 2 is 1.88 bits per heavy atom. The van der Waals surface area contributed by atoms with Gasteiger partial charge in [-0.3, -0.25) is 9.59 Å². The SMILES string of the molecule is COc1ccc2c(c1)/C(=C/c1[nH]c3c(c1C)C(=O)N(CCN1CCCCC1)CCC3)C(=O)N2. The molecule has 2 N–H and O–H groups in total. The lowest BCUT2D eigenvalue weighted by Gasteiger charge is -2.29. The Morgan fingerprint density at radius 1 is 1.06 bits per heavy atom. The highest BCUT2D eigenvalue weighted by Gasteiger charge is 2.29. The molecule has 1 saturated heterocycles. The number of ether oxygens (including phenoxy) is 1. The summed E-state index contributed by atoms with van der Waals surface area (Å²) in [6, 6.07) is 5.56. The first-order valence-corrected chi connectivity index (χ1v) is 12.0. The molecule has 7 heteroatoms. The number of hydrogen-bond acceptors (Lipinski definition) is 4. The number of anilines is 1. The predicted octanol–water partition coefficient (Wildman–Crippen LogP) is 3.70. The Morgan fingerprint density at radius 3 is 2.67 bits per heavy atom. The zero-order chi connectivity index (χ0) is 22.9. The monoisotopic (exact) mass is 448 g/mol. The standard InChI is InChI=1S/C26H32N4O3/c1-17-23(16-20-19-15-18(33-2)8-9-21(19)28-25(20)31)27-22-7-6-12-30(26(32)24(17)22)14-13-29-10-4-3-5-11-29/h8-9,15-16,27H,3-7,10-14H2,1-2H3,(H,28,31)/b20-16-. The number of hydrogen-bond donors (Lipinski definition) is 2. The van der Waals surface area contributed by atoms with Crippen molar-refractivity contribution in [1.29, 1.82) is 0 Å². The fourth-order valence-corrected chi connectivity index (χ4v) is 5.25. The maximum atomic E-state index is 13.5. The van der Waals surface area contributed by atoms with Crippen LogP contribution < -0.4 is 10.1 Å². The van der Waals surface area contributed by atoms with Gasteiger partial charge < -0.3 is 24.8 Å². The van der Waals surface area contributed by atoms with Crippen molar-refractivity contribution in [3.05, 3.63) is 46.3 Å². The molecule has 7 nitrogen and oxygen atoms in total. The van der Waals surface area contributed by atoms with E-state index in [9.17, 15) is 9.59 Å². The molecule has 0 bridgehead atoms. The van der Waals surface area contributed by atoms with Crippen molar-refractivity contribution >= 4 is 29.2 Å². The molecular weight excluding hydrogens is 416 g/mol. The number of H-pyrrole nitrogens is 1. The summed E-state index contributed by atoms with van der Waals surface area (Å²) in [5.41, 5.74) is 5.67. The average molecular weight is 449 g/mol. The minimum absolute atomic E-state index is 0.107. The first kappa shape index (κ1) is 21.8. The minimum Gasteiger partial charge on any atom is -0.497 e. The summed E-state index contributed by atoms with van der Waals surface area (Å²) in [7, 11) is 1.62. The maximum absolute atomic E-state index is 13.5. The van der Waals surface area contributed by atoms with E-state index in [1.54, 1.807) is 7.11 Å². The summed E-state index contributed by atoms with van der Waals surface area (Å²) in [5.74, 6) is 0.669. The molecule has 4 heterocycles. The van der Waals surface area contributed by atoms with Crippen LogP contribution in [0.15, 0.2) is 18.2 Å². The number of aromatic amines is 1. The van der Waals surface area contributed by atoms with Crippen LogP contribution >= 0.6 is 0 Å². The van der Waals surface area contributed by atoms with E-state index in [-0.39, 0.29) is 11.8 Å². The number of nitrogens with one attached hydrogen (secondary N) is 2. The summed E-state index contributed by atoms with van der Waals surface area (Å²) in [6.07, 6.45) is 7.48. The number of fused-ring (bicyclic) bond motifs is 2. The fraction of sp³-hybridized carbons (Fsp3) is 0.462. The molecule has 0 radical (unpaired) electrons. The first-order chi connectivity index (χ1) is 16.0. The van der Waals surface area contributed by atoms with Gasteiger partial charge in [-0.2, -0.15) is 0 Å². The van der Waals surface area contributed by atoms with Crippen LogP contribution in [0, 0.1) is 6.92 Å². The lowest BCUT2D eigenvalue weighted by atomic mass is 10.0. The Bertz CT molecular complexity index is 1110. The molecule has 1 fully saturated rings. The normalized spacial score (nSPS) is 19.9. The zero-order valence-corrected chi connectivity index (χ0v) is 19.5. The Kier molecular flexibility index (Phi) is 5.98. The zero-order valence-electron chi connectivity index (χ0n) is 19.5. The van der Waals surface area contributed by atoms with Crippen molar-refractivity contribution in [2.75, 3.05) is 45.2 Å². The third-order valence-electron chi connectivity index (χ3n) is 7.16. The first-order valence-electron chi connectivity index (χ1n) is 12.0. The summed E-state index contributed by atoms with van der Waals surface area (Å²) < 4.78 is 5.34. The quantitative estimate of drug-likeness (QED) is 0.684. The number of carbonyl (C=O) groups is 2. The van der Waals surface area contributed by atoms with Gasteiger partial charge in [0.1, 0.15) is 5.75 Å². The predicted molar refractivity (Wildman–Crippen MR) is 130 cm³/mol. The van der Waals surface area contributed by atoms with Crippen LogP contribution in [0.2, 0.25) is 0 Å². The smallest absolute Gasteiger partial charge is 0.256 e. The lowest BCUT2D eigenvalue weighted by Crippen LogP contribution is -2.40. The number of methoxy groups -OCH3 is 1. The number of aromatic nitrogens is 1. The number of nitrogens with zero attached hydrogens (tertiary/aromatic N) is 2. The van der Waals surface area contributed by atoms with Crippen molar-refractivity contribution < 1.29 is 14.3 Å². The van der Waals surface area contributed by atoms with Crippen LogP contribution in [-0.2, 0) is 11.2 Å². The Hall–Kier alpha value is -3.06. The number of rotatable bonds is 5. The highest BCUT2D eigenvalue weighted by molar-refractivity contribution is 6.35. The minimum atomic E-state index is -0.142. The second-order valence-electron chi connectivity index (χ2n) is 9.24. The third-order valence-corrected chi connectivity index (χ3v) is 7.16. The second-order valence-corrected chi connectivity index (χ2v) is 9.24.